The van der Waals surface area contributed by atoms with Gasteiger partial charge in [0.2, 0.25) is 0 Å². The molecule has 9 heteroatoms. The van der Waals surface area contributed by atoms with Crippen molar-refractivity contribution in [3.05, 3.63) is 0 Å². The van der Waals surface area contributed by atoms with E-state index in [-0.39, 0.29) is 62.0 Å². The van der Waals surface area contributed by atoms with Crippen molar-refractivity contribution in [2.75, 3.05) is 0 Å². The van der Waals surface area contributed by atoms with Gasteiger partial charge in [0.05, 0.1) is 0 Å². The first-order valence-corrected chi connectivity index (χ1v) is 7.41. The Hall–Kier alpha value is 2.26. The second kappa shape index (κ2) is 12.3. The predicted octanol–water partition coefficient (Wildman–Crippen LogP) is -7.71. The van der Waals surface area contributed by atoms with Gasteiger partial charge in [-0.1, -0.05) is 0 Å². The fraction of sp³-hybridized carbons (Fsp3) is 1.00. The van der Waals surface area contributed by atoms with E-state index in [1.165, 1.54) is 11.4 Å². The molecule has 0 spiro atoms. The molecule has 0 aliphatic rings. The molecule has 0 unspecified atom stereocenters. The van der Waals surface area contributed by atoms with Crippen LogP contribution >= 0.6 is 0 Å². The summed E-state index contributed by atoms with van der Waals surface area (Å²) < 4.78 is 18.0. The molecule has 0 aromatic carbocycles. The van der Waals surface area contributed by atoms with Gasteiger partial charge in [0.25, 0.3) is 0 Å². The van der Waals surface area contributed by atoms with E-state index >= 15 is 0 Å². The summed E-state index contributed by atoms with van der Waals surface area (Å²) in [6.07, 6.45) is 0. The molecule has 60 valence electrons. The van der Waals surface area contributed by atoms with Gasteiger partial charge in [0.15, 0.2) is 0 Å². The Morgan fingerprint density at radius 1 is 1.18 bits per heavy atom. The molecule has 0 aromatic rings. The molecule has 0 bridgehead atoms. The molecule has 0 amide bonds. The van der Waals surface area contributed by atoms with Gasteiger partial charge in [0, 0.05) is 0 Å². The van der Waals surface area contributed by atoms with Crippen LogP contribution in [0.25, 0.3) is 0 Å². The first-order chi connectivity index (χ1) is 3.73. The summed E-state index contributed by atoms with van der Waals surface area (Å²) in [5.74, 6) is 0. The summed E-state index contributed by atoms with van der Waals surface area (Å²) in [5.41, 5.74) is 2.72. The van der Waals surface area contributed by atoms with E-state index in [0.717, 1.165) is 0 Å². The fourth-order valence-corrected chi connectivity index (χ4v) is 0. The van der Waals surface area contributed by atoms with Gasteiger partial charge in [-0.05, 0) is 0 Å². The van der Waals surface area contributed by atoms with Gasteiger partial charge in [-0.3, -0.25) is 0 Å². The van der Waals surface area contributed by atoms with Gasteiger partial charge in [0.1, 0.15) is 0 Å². The number of rotatable bonds is 0. The van der Waals surface area contributed by atoms with Crippen LogP contribution in [0.15, 0.2) is 0 Å². The third-order valence-electron chi connectivity index (χ3n) is 0. The Morgan fingerprint density at radius 3 is 1.18 bits per heavy atom. The molecule has 0 atom stereocenters. The summed E-state index contributed by atoms with van der Waals surface area (Å²) in [6, 6.07) is 0. The van der Waals surface area contributed by atoms with Crippen LogP contribution in [-0.2, 0) is 3.74 Å². The van der Waals surface area contributed by atoms with Crippen LogP contribution in [-0.4, -0.2) is 40.3 Å². The Labute approximate surface area is 116 Å². The molecular formula is C2H12AsBNa2O5. The standard InChI is InChI=1S/C2H7AsO2.BH3O3.2Na.2H/c1-3(2,4)5;2-1(3)4;;;;/h1-2H3,(H,4,5);2-4H;;;;/q;;2*+1;2*-1. The average Bonchev–Trinajstić information content (AvgIpc) is 1.19. The minimum atomic E-state index is -3.12. The van der Waals surface area contributed by atoms with Gasteiger partial charge in [-0.15, -0.1) is 0 Å². The molecule has 0 saturated heterocycles. The molecule has 0 aliphatic carbocycles. The predicted molar refractivity (Wildman–Crippen MR) is 35.0 cm³/mol. The third-order valence-corrected chi connectivity index (χ3v) is 0. The maximum absolute atomic E-state index is 9.83. The molecular weight excluding hydrogens is 236 g/mol. The number of hydrogen-bond donors (Lipinski definition) is 4. The molecule has 0 aliphatic heterocycles. The van der Waals surface area contributed by atoms with Crippen molar-refractivity contribution in [2.45, 2.75) is 11.4 Å². The van der Waals surface area contributed by atoms with Crippen molar-refractivity contribution in [3.63, 3.8) is 0 Å². The van der Waals surface area contributed by atoms with Crippen LogP contribution < -0.4 is 59.1 Å². The Kier molecular flexibility index (Phi) is 25.9. The van der Waals surface area contributed by atoms with Crippen molar-refractivity contribution in [3.8, 4) is 0 Å². The van der Waals surface area contributed by atoms with Crippen LogP contribution in [0.2, 0.25) is 11.4 Å². The Balaban J connectivity index is -0.0000000146. The van der Waals surface area contributed by atoms with Crippen molar-refractivity contribution in [2.24, 2.45) is 0 Å². The summed E-state index contributed by atoms with van der Waals surface area (Å²) in [5, 5.41) is 21.5. The molecule has 11 heavy (non-hydrogen) atoms. The maximum atomic E-state index is 9.83. The second-order valence-corrected chi connectivity index (χ2v) is 7.07. The van der Waals surface area contributed by atoms with Crippen molar-refractivity contribution >= 4 is 21.2 Å². The molecule has 0 saturated carbocycles. The van der Waals surface area contributed by atoms with E-state index in [1.54, 1.807) is 0 Å². The fourth-order valence-electron chi connectivity index (χ4n) is 0. The van der Waals surface area contributed by atoms with E-state index in [2.05, 4.69) is 0 Å². The van der Waals surface area contributed by atoms with Gasteiger partial charge < -0.3 is 17.9 Å². The number of hydrogen-bond acceptors (Lipinski definition) is 4. The Morgan fingerprint density at radius 2 is 1.18 bits per heavy atom. The summed E-state index contributed by atoms with van der Waals surface area (Å²) in [4.78, 5) is 0. The van der Waals surface area contributed by atoms with E-state index in [9.17, 15) is 3.74 Å². The van der Waals surface area contributed by atoms with Crippen molar-refractivity contribution < 1.29 is 84.9 Å². The van der Waals surface area contributed by atoms with Crippen molar-refractivity contribution in [1.29, 1.82) is 0 Å². The first kappa shape index (κ1) is 23.2. The zero-order valence-corrected chi connectivity index (χ0v) is 13.1. The van der Waals surface area contributed by atoms with Crippen LogP contribution in [0.3, 0.4) is 0 Å². The van der Waals surface area contributed by atoms with E-state index in [1.807, 2.05) is 0 Å². The van der Waals surface area contributed by atoms with Crippen LogP contribution in [0.5, 0.6) is 0 Å². The van der Waals surface area contributed by atoms with Gasteiger partial charge in [-0.2, -0.15) is 0 Å². The maximum Gasteiger partial charge on any atom is 1.00 e. The minimum absolute atomic E-state index is 0. The quantitative estimate of drug-likeness (QED) is 0.319. The summed E-state index contributed by atoms with van der Waals surface area (Å²) in [7, 11) is -2.17. The van der Waals surface area contributed by atoms with Gasteiger partial charge >= 0.3 is 99.5 Å². The SMILES string of the molecule is C[As](C)(=O)O.OB(O)O.[H-].[H-].[Na+].[Na+]. The van der Waals surface area contributed by atoms with Crippen LogP contribution in [0, 0.1) is 0 Å². The molecule has 0 fully saturated rings. The average molecular weight is 248 g/mol. The Bertz CT molecular complexity index is 102. The zero-order chi connectivity index (χ0) is 8.08. The second-order valence-electron chi connectivity index (χ2n) is 1.64. The van der Waals surface area contributed by atoms with Gasteiger partial charge in [-0.25, -0.2) is 0 Å². The molecule has 0 aromatic heterocycles. The largest absolute Gasteiger partial charge is 1.00 e. The molecule has 0 radical (unpaired) electrons. The van der Waals surface area contributed by atoms with E-state index in [0.29, 0.717) is 0 Å². The molecule has 0 rings (SSSR count). The zero-order valence-electron chi connectivity index (χ0n) is 9.22. The minimum Gasteiger partial charge on any atom is -1.00 e. The third kappa shape index (κ3) is 252. The van der Waals surface area contributed by atoms with E-state index < -0.39 is 21.2 Å². The van der Waals surface area contributed by atoms with Crippen LogP contribution in [0.4, 0.5) is 0 Å². The smallest absolute Gasteiger partial charge is 1.00 e. The van der Waals surface area contributed by atoms with E-state index in [4.69, 9.17) is 19.2 Å². The molecule has 0 heterocycles. The molecule has 4 N–H and O–H groups in total. The topological polar surface area (TPSA) is 98.0 Å². The normalized spacial score (nSPS) is 7.82. The van der Waals surface area contributed by atoms with Crippen LogP contribution in [0.1, 0.15) is 2.85 Å². The summed E-state index contributed by atoms with van der Waals surface area (Å²) in [6.45, 7) is 0. The monoisotopic (exact) mass is 248 g/mol. The first-order valence-electron chi connectivity index (χ1n) is 2.05. The van der Waals surface area contributed by atoms with Crippen molar-refractivity contribution in [1.82, 2.24) is 0 Å². The summed E-state index contributed by atoms with van der Waals surface area (Å²) >= 11 is -3.12. The molecule has 5 nitrogen and oxygen atoms in total.